The third-order valence-electron chi connectivity index (χ3n) is 5.84. The lowest BCUT2D eigenvalue weighted by atomic mass is 10.00. The van der Waals surface area contributed by atoms with Crippen LogP contribution in [0.2, 0.25) is 0 Å². The van der Waals surface area contributed by atoms with Crippen LogP contribution in [0, 0.1) is 25.5 Å². The molecule has 3 N–H and O–H groups in total. The number of aromatic nitrogens is 3. The van der Waals surface area contributed by atoms with Crippen molar-refractivity contribution < 1.29 is 15.0 Å². The Kier molecular flexibility index (Phi) is 4.78. The van der Waals surface area contributed by atoms with Gasteiger partial charge in [-0.05, 0) is 86.4 Å². The molecule has 0 amide bonds. The molecule has 0 aliphatic heterocycles. The number of nitrogens with one attached hydrogen (secondary N) is 1. The van der Waals surface area contributed by atoms with Crippen molar-refractivity contribution in [2.75, 3.05) is 0 Å². The number of benzene rings is 2. The number of aromatic amines is 1. The molecule has 2 aromatic carbocycles. The van der Waals surface area contributed by atoms with Crippen molar-refractivity contribution in [3.05, 3.63) is 63.7 Å². The van der Waals surface area contributed by atoms with E-state index >= 15 is 0 Å². The number of imidazole rings is 1. The fourth-order valence-electron chi connectivity index (χ4n) is 4.09. The van der Waals surface area contributed by atoms with E-state index in [9.17, 15) is 15.0 Å². The van der Waals surface area contributed by atoms with Crippen LogP contribution in [-0.4, -0.2) is 30.4 Å². The molecule has 0 spiro atoms. The second-order valence-electron chi connectivity index (χ2n) is 7.49. The van der Waals surface area contributed by atoms with Crippen LogP contribution in [0.4, 0.5) is 4.79 Å². The first-order valence-corrected chi connectivity index (χ1v) is 10.1. The Morgan fingerprint density at radius 2 is 1.90 bits per heavy atom. The number of hydrogen-bond acceptors (Lipinski definition) is 3. The quantitative estimate of drug-likeness (QED) is 0.361. The third-order valence-corrected chi connectivity index (χ3v) is 6.14. The van der Waals surface area contributed by atoms with E-state index in [0.29, 0.717) is 21.5 Å². The topological polar surface area (TPSA) is 83.2 Å². The van der Waals surface area contributed by atoms with Crippen molar-refractivity contribution in [1.29, 1.82) is 0 Å². The Morgan fingerprint density at radius 1 is 1.17 bits per heavy atom. The number of aryl methyl sites for hydroxylation is 3. The maximum Gasteiger partial charge on any atom is 0.416 e. The Hall–Kier alpha value is -3.32. The number of H-pyrrole nitrogens is 1. The number of phenolic OH excluding ortho intramolecular Hbond substituents is 1. The minimum atomic E-state index is -1.01. The Labute approximate surface area is 179 Å². The highest BCUT2D eigenvalue weighted by atomic mass is 32.1. The van der Waals surface area contributed by atoms with Gasteiger partial charge in [-0.25, -0.2) is 9.36 Å². The van der Waals surface area contributed by atoms with Gasteiger partial charge in [0.2, 0.25) is 0 Å². The number of aromatic hydroxyl groups is 1. The summed E-state index contributed by atoms with van der Waals surface area (Å²) in [4.78, 5) is 14.8. The van der Waals surface area contributed by atoms with Gasteiger partial charge in [0.05, 0.1) is 11.2 Å². The van der Waals surface area contributed by atoms with Crippen molar-refractivity contribution in [2.24, 2.45) is 0 Å². The first kappa shape index (κ1) is 20.0. The summed E-state index contributed by atoms with van der Waals surface area (Å²) in [5.41, 5.74) is 6.67. The lowest BCUT2D eigenvalue weighted by Gasteiger charge is -2.13. The molecule has 0 saturated carbocycles. The van der Waals surface area contributed by atoms with Gasteiger partial charge in [-0.2, -0.15) is 0 Å². The highest BCUT2D eigenvalue weighted by Crippen LogP contribution is 2.35. The maximum absolute atomic E-state index is 11.7. The van der Waals surface area contributed by atoms with Crippen LogP contribution < -0.4 is 0 Å². The van der Waals surface area contributed by atoms with Crippen LogP contribution in [-0.2, 0) is 6.42 Å². The minimum absolute atomic E-state index is 0.192. The highest BCUT2D eigenvalue weighted by molar-refractivity contribution is 7.71. The minimum Gasteiger partial charge on any atom is -0.507 e. The molecule has 0 unspecified atom stereocenters. The third kappa shape index (κ3) is 2.93. The number of carboxylic acid groups (broad SMARTS) is 1. The lowest BCUT2D eigenvalue weighted by molar-refractivity contribution is 0.197. The molecular formula is C23H23N3O3S. The van der Waals surface area contributed by atoms with E-state index in [4.69, 9.17) is 12.2 Å². The van der Waals surface area contributed by atoms with E-state index in [-0.39, 0.29) is 5.75 Å². The van der Waals surface area contributed by atoms with Gasteiger partial charge in [0.15, 0.2) is 4.77 Å². The van der Waals surface area contributed by atoms with Crippen LogP contribution in [0.25, 0.3) is 27.8 Å². The second kappa shape index (κ2) is 7.18. The molecule has 4 aromatic rings. The van der Waals surface area contributed by atoms with E-state index in [2.05, 4.69) is 11.9 Å². The molecule has 30 heavy (non-hydrogen) atoms. The molecule has 0 aliphatic rings. The van der Waals surface area contributed by atoms with Gasteiger partial charge in [-0.1, -0.05) is 6.92 Å². The van der Waals surface area contributed by atoms with Gasteiger partial charge in [-0.15, -0.1) is 0 Å². The predicted octanol–water partition coefficient (Wildman–Crippen LogP) is 5.88. The van der Waals surface area contributed by atoms with Crippen molar-refractivity contribution in [2.45, 2.75) is 34.1 Å². The first-order chi connectivity index (χ1) is 14.2. The fourth-order valence-corrected chi connectivity index (χ4v) is 4.36. The van der Waals surface area contributed by atoms with Gasteiger partial charge in [0.1, 0.15) is 5.75 Å². The van der Waals surface area contributed by atoms with Crippen molar-refractivity contribution in [3.63, 3.8) is 0 Å². The van der Waals surface area contributed by atoms with Gasteiger partial charge < -0.3 is 15.2 Å². The number of nitrogens with zero attached hydrogens (tertiary/aromatic N) is 2. The molecule has 0 aliphatic carbocycles. The summed E-state index contributed by atoms with van der Waals surface area (Å²) in [6, 6.07) is 9.35. The molecule has 6 nitrogen and oxygen atoms in total. The van der Waals surface area contributed by atoms with Crippen molar-refractivity contribution in [1.82, 2.24) is 14.1 Å². The molecule has 7 heteroatoms. The summed E-state index contributed by atoms with van der Waals surface area (Å²) in [5, 5.41) is 21.1. The lowest BCUT2D eigenvalue weighted by Crippen LogP contribution is -2.09. The highest BCUT2D eigenvalue weighted by Gasteiger charge is 2.18. The number of phenols is 1. The normalized spacial score (nSPS) is 11.3. The molecule has 0 saturated heterocycles. The van der Waals surface area contributed by atoms with Crippen LogP contribution in [0.15, 0.2) is 36.5 Å². The predicted molar refractivity (Wildman–Crippen MR) is 121 cm³/mol. The van der Waals surface area contributed by atoms with Crippen LogP contribution >= 0.6 is 12.2 Å². The summed E-state index contributed by atoms with van der Waals surface area (Å²) in [5.74, 6) is 0.192. The molecule has 4 rings (SSSR count). The van der Waals surface area contributed by atoms with Gasteiger partial charge in [-0.3, -0.25) is 4.57 Å². The maximum atomic E-state index is 11.7. The molecule has 0 atom stereocenters. The van der Waals surface area contributed by atoms with Crippen LogP contribution in [0.3, 0.4) is 0 Å². The van der Waals surface area contributed by atoms with E-state index in [1.54, 1.807) is 25.3 Å². The summed E-state index contributed by atoms with van der Waals surface area (Å²) in [7, 11) is 0. The Balaban J connectivity index is 1.97. The molecular weight excluding hydrogens is 398 g/mol. The summed E-state index contributed by atoms with van der Waals surface area (Å²) in [6.45, 7) is 7.78. The monoisotopic (exact) mass is 421 g/mol. The zero-order chi connectivity index (χ0) is 21.7. The molecule has 0 radical (unpaired) electrons. The number of rotatable bonds is 3. The molecule has 0 bridgehead atoms. The zero-order valence-electron chi connectivity index (χ0n) is 17.3. The largest absolute Gasteiger partial charge is 0.507 e. The summed E-state index contributed by atoms with van der Waals surface area (Å²) in [6.07, 6.45) is 1.64. The molecule has 0 fully saturated rings. The zero-order valence-corrected chi connectivity index (χ0v) is 18.1. The first-order valence-electron chi connectivity index (χ1n) is 9.73. The standard InChI is InChI=1S/C23H23N3O3S/c1-5-15-9-18(21(27)8-12(15)2)20-11-24-22(30)26(20)16-6-7-19-17(10-16)13(3)14(4)25(19)23(28)29/h6-11,27H,5H2,1-4H3,(H,24,30)(H,28,29). The van der Waals surface area contributed by atoms with Crippen LogP contribution in [0.1, 0.15) is 29.3 Å². The van der Waals surface area contributed by atoms with Gasteiger partial charge >= 0.3 is 6.09 Å². The van der Waals surface area contributed by atoms with Crippen LogP contribution in [0.5, 0.6) is 5.75 Å². The molecule has 2 aromatic heterocycles. The van der Waals surface area contributed by atoms with E-state index < -0.39 is 6.09 Å². The summed E-state index contributed by atoms with van der Waals surface area (Å²) < 4.78 is 3.66. The Morgan fingerprint density at radius 3 is 2.57 bits per heavy atom. The number of hydrogen-bond donors (Lipinski definition) is 3. The van der Waals surface area contributed by atoms with Crippen molar-refractivity contribution in [3.8, 4) is 22.7 Å². The van der Waals surface area contributed by atoms with Gasteiger partial charge in [0, 0.05) is 28.5 Å². The van der Waals surface area contributed by atoms with Gasteiger partial charge in [0.25, 0.3) is 0 Å². The Bertz CT molecular complexity index is 1370. The average molecular weight is 422 g/mol. The fraction of sp³-hybridized carbons (Fsp3) is 0.217. The SMILES string of the molecule is CCc1cc(-c2c[nH]c(=S)n2-c2ccc3c(c2)c(C)c(C)n3C(=O)O)c(O)cc1C. The smallest absolute Gasteiger partial charge is 0.416 e. The number of carbonyl (C=O) groups is 1. The van der Waals surface area contributed by atoms with E-state index in [1.165, 1.54) is 4.57 Å². The number of fused-ring (bicyclic) bond motifs is 1. The van der Waals surface area contributed by atoms with Crippen molar-refractivity contribution >= 4 is 29.2 Å². The van der Waals surface area contributed by atoms with E-state index in [1.807, 2.05) is 36.6 Å². The second-order valence-corrected chi connectivity index (χ2v) is 7.88. The van der Waals surface area contributed by atoms with E-state index in [0.717, 1.165) is 39.9 Å². The molecule has 2 heterocycles. The summed E-state index contributed by atoms with van der Waals surface area (Å²) >= 11 is 5.54. The average Bonchev–Trinajstić information content (AvgIpc) is 3.19. The molecule has 154 valence electrons.